The summed E-state index contributed by atoms with van der Waals surface area (Å²) in [5.41, 5.74) is -2.33. The van der Waals surface area contributed by atoms with Gasteiger partial charge >= 0.3 is 5.97 Å². The molecule has 0 spiro atoms. The van der Waals surface area contributed by atoms with Gasteiger partial charge in [0, 0.05) is 11.8 Å². The minimum atomic E-state index is -3.23. The Kier molecular flexibility index (Phi) is 3.83. The van der Waals surface area contributed by atoms with Gasteiger partial charge in [0.1, 0.15) is 11.3 Å². The Morgan fingerprint density at radius 1 is 1.14 bits per heavy atom. The summed E-state index contributed by atoms with van der Waals surface area (Å²) < 4.78 is 64.5. The standard InChI is InChI=1S/C12H5F5N2O2/c13-6-1-4(2-7(14)8(6)15)11-18-3-5(12(20)21)9(19-11)10(16)17/h1-3,10H,(H,20,21). The molecule has 1 aromatic heterocycles. The van der Waals surface area contributed by atoms with Crippen LogP contribution in [0.2, 0.25) is 0 Å². The van der Waals surface area contributed by atoms with E-state index in [1.54, 1.807) is 0 Å². The predicted octanol–water partition coefficient (Wildman–Crippen LogP) is 3.20. The van der Waals surface area contributed by atoms with Crippen molar-refractivity contribution in [2.75, 3.05) is 0 Å². The maximum atomic E-state index is 13.1. The molecule has 0 fully saturated rings. The second-order valence-electron chi connectivity index (χ2n) is 3.85. The Morgan fingerprint density at radius 3 is 2.19 bits per heavy atom. The van der Waals surface area contributed by atoms with Crippen LogP contribution >= 0.6 is 0 Å². The van der Waals surface area contributed by atoms with Crippen molar-refractivity contribution in [1.29, 1.82) is 0 Å². The summed E-state index contributed by atoms with van der Waals surface area (Å²) in [7, 11) is 0. The largest absolute Gasteiger partial charge is 0.478 e. The molecule has 2 aromatic rings. The van der Waals surface area contributed by atoms with Crippen molar-refractivity contribution >= 4 is 5.97 Å². The lowest BCUT2D eigenvalue weighted by atomic mass is 10.1. The highest BCUT2D eigenvalue weighted by atomic mass is 19.3. The second-order valence-corrected chi connectivity index (χ2v) is 3.85. The zero-order chi connectivity index (χ0) is 15.7. The van der Waals surface area contributed by atoms with Crippen LogP contribution in [0.1, 0.15) is 22.5 Å². The molecule has 0 radical (unpaired) electrons. The number of aromatic carboxylic acids is 1. The maximum absolute atomic E-state index is 13.1. The smallest absolute Gasteiger partial charge is 0.339 e. The first-order chi connectivity index (χ1) is 9.81. The van der Waals surface area contributed by atoms with E-state index >= 15 is 0 Å². The first-order valence-corrected chi connectivity index (χ1v) is 5.34. The molecule has 0 bridgehead atoms. The number of halogens is 5. The number of hydrogen-bond acceptors (Lipinski definition) is 3. The van der Waals surface area contributed by atoms with Crippen LogP contribution in [-0.2, 0) is 0 Å². The molecule has 110 valence electrons. The minimum absolute atomic E-state index is 0.398. The van der Waals surface area contributed by atoms with Crippen LogP contribution in [0.4, 0.5) is 22.0 Å². The molecule has 0 aliphatic carbocycles. The normalized spacial score (nSPS) is 11.0. The van der Waals surface area contributed by atoms with Crippen LogP contribution in [0.5, 0.6) is 0 Å². The fourth-order valence-electron chi connectivity index (χ4n) is 1.55. The number of alkyl halides is 2. The molecule has 0 atom stereocenters. The number of benzene rings is 1. The Morgan fingerprint density at radius 2 is 1.71 bits per heavy atom. The molecular weight excluding hydrogens is 299 g/mol. The van der Waals surface area contributed by atoms with E-state index in [1.807, 2.05) is 0 Å². The molecule has 1 heterocycles. The summed E-state index contributed by atoms with van der Waals surface area (Å²) in [4.78, 5) is 17.5. The second kappa shape index (κ2) is 5.43. The van der Waals surface area contributed by atoms with Crippen molar-refractivity contribution in [3.63, 3.8) is 0 Å². The van der Waals surface area contributed by atoms with Gasteiger partial charge in [-0.25, -0.2) is 36.7 Å². The Bertz CT molecular complexity index is 698. The van der Waals surface area contributed by atoms with E-state index in [2.05, 4.69) is 9.97 Å². The molecule has 1 aromatic carbocycles. The first kappa shape index (κ1) is 14.8. The van der Waals surface area contributed by atoms with Crippen molar-refractivity contribution in [1.82, 2.24) is 9.97 Å². The lowest BCUT2D eigenvalue weighted by molar-refractivity contribution is 0.0681. The molecular formula is C12H5F5N2O2. The van der Waals surface area contributed by atoms with Crippen LogP contribution in [0.15, 0.2) is 18.3 Å². The van der Waals surface area contributed by atoms with E-state index in [9.17, 15) is 26.7 Å². The van der Waals surface area contributed by atoms with Crippen molar-refractivity contribution in [3.05, 3.63) is 47.0 Å². The molecule has 0 saturated heterocycles. The van der Waals surface area contributed by atoms with Crippen molar-refractivity contribution in [3.8, 4) is 11.4 Å². The molecule has 2 rings (SSSR count). The third kappa shape index (κ3) is 2.81. The lowest BCUT2D eigenvalue weighted by Gasteiger charge is -2.07. The highest BCUT2D eigenvalue weighted by Gasteiger charge is 2.22. The molecule has 4 nitrogen and oxygen atoms in total. The highest BCUT2D eigenvalue weighted by Crippen LogP contribution is 2.25. The quantitative estimate of drug-likeness (QED) is 0.698. The van der Waals surface area contributed by atoms with Crippen LogP contribution in [0.25, 0.3) is 11.4 Å². The summed E-state index contributed by atoms with van der Waals surface area (Å²) in [5, 5.41) is 8.72. The van der Waals surface area contributed by atoms with Gasteiger partial charge in [-0.1, -0.05) is 0 Å². The molecule has 0 saturated carbocycles. The van der Waals surface area contributed by atoms with E-state index in [-0.39, 0.29) is 0 Å². The number of carboxylic acid groups (broad SMARTS) is 1. The number of nitrogens with zero attached hydrogens (tertiary/aromatic N) is 2. The summed E-state index contributed by atoms with van der Waals surface area (Å²) in [6, 6.07) is 1.03. The Hall–Kier alpha value is -2.58. The van der Waals surface area contributed by atoms with Gasteiger partial charge in [0.15, 0.2) is 23.3 Å². The Balaban J connectivity index is 2.60. The number of hydrogen-bond donors (Lipinski definition) is 1. The van der Waals surface area contributed by atoms with Gasteiger partial charge in [0.2, 0.25) is 0 Å². The van der Waals surface area contributed by atoms with Crippen molar-refractivity contribution in [2.24, 2.45) is 0 Å². The first-order valence-electron chi connectivity index (χ1n) is 5.34. The molecule has 0 aliphatic rings. The van der Waals surface area contributed by atoms with Gasteiger partial charge < -0.3 is 5.11 Å². The van der Waals surface area contributed by atoms with E-state index in [0.717, 1.165) is 0 Å². The topological polar surface area (TPSA) is 63.1 Å². The van der Waals surface area contributed by atoms with Crippen LogP contribution in [-0.4, -0.2) is 21.0 Å². The summed E-state index contributed by atoms with van der Waals surface area (Å²) in [6.45, 7) is 0. The number of rotatable bonds is 3. The number of carboxylic acids is 1. The van der Waals surface area contributed by atoms with E-state index in [4.69, 9.17) is 5.11 Å². The van der Waals surface area contributed by atoms with Gasteiger partial charge in [-0.3, -0.25) is 0 Å². The van der Waals surface area contributed by atoms with Crippen LogP contribution in [0.3, 0.4) is 0 Å². The third-order valence-corrected chi connectivity index (χ3v) is 2.50. The predicted molar refractivity (Wildman–Crippen MR) is 59.3 cm³/mol. The molecule has 9 heteroatoms. The van der Waals surface area contributed by atoms with E-state index in [1.165, 1.54) is 0 Å². The summed E-state index contributed by atoms with van der Waals surface area (Å²) in [5.74, 6) is -7.04. The molecule has 21 heavy (non-hydrogen) atoms. The third-order valence-electron chi connectivity index (χ3n) is 2.50. The number of aromatic nitrogens is 2. The van der Waals surface area contributed by atoms with Gasteiger partial charge in [-0.05, 0) is 12.1 Å². The van der Waals surface area contributed by atoms with Gasteiger partial charge in [-0.15, -0.1) is 0 Å². The van der Waals surface area contributed by atoms with Gasteiger partial charge in [-0.2, -0.15) is 0 Å². The average Bonchev–Trinajstić information content (AvgIpc) is 2.43. The molecule has 0 amide bonds. The molecule has 0 unspecified atom stereocenters. The minimum Gasteiger partial charge on any atom is -0.478 e. The molecule has 1 N–H and O–H groups in total. The van der Waals surface area contributed by atoms with Crippen molar-refractivity contribution < 1.29 is 31.9 Å². The zero-order valence-corrected chi connectivity index (χ0v) is 9.95. The molecule has 0 aliphatic heterocycles. The fraction of sp³-hybridized carbons (Fsp3) is 0.0833. The fourth-order valence-corrected chi connectivity index (χ4v) is 1.55. The van der Waals surface area contributed by atoms with Crippen LogP contribution in [0, 0.1) is 17.5 Å². The monoisotopic (exact) mass is 304 g/mol. The summed E-state index contributed by atoms with van der Waals surface area (Å²) >= 11 is 0. The van der Waals surface area contributed by atoms with E-state index in [0.29, 0.717) is 18.3 Å². The number of carbonyl (C=O) groups is 1. The van der Waals surface area contributed by atoms with E-state index < -0.39 is 52.5 Å². The maximum Gasteiger partial charge on any atom is 0.339 e. The average molecular weight is 304 g/mol. The SMILES string of the molecule is O=C(O)c1cnc(-c2cc(F)c(F)c(F)c2)nc1C(F)F. The zero-order valence-electron chi connectivity index (χ0n) is 9.95. The van der Waals surface area contributed by atoms with Crippen LogP contribution < -0.4 is 0 Å². The van der Waals surface area contributed by atoms with Gasteiger partial charge in [0.25, 0.3) is 6.43 Å². The van der Waals surface area contributed by atoms with Gasteiger partial charge in [0.05, 0.1) is 0 Å². The summed E-state index contributed by atoms with van der Waals surface area (Å²) in [6.07, 6.45) is -2.64. The lowest BCUT2D eigenvalue weighted by Crippen LogP contribution is -2.08. The van der Waals surface area contributed by atoms with Crippen molar-refractivity contribution in [2.45, 2.75) is 6.43 Å². The Labute approximate surface area is 113 Å². The highest BCUT2D eigenvalue weighted by molar-refractivity contribution is 5.88.